The molecule has 0 heterocycles. The van der Waals surface area contributed by atoms with E-state index in [4.69, 9.17) is 0 Å². The van der Waals surface area contributed by atoms with Crippen LogP contribution in [0.15, 0.2) is 23.3 Å². The van der Waals surface area contributed by atoms with Crippen LogP contribution in [0.2, 0.25) is 0 Å². The van der Waals surface area contributed by atoms with Gasteiger partial charge in [-0.15, -0.1) is 0 Å². The molecule has 0 fully saturated rings. The zero-order chi connectivity index (χ0) is 13.2. The smallest absolute Gasteiger partial charge is 0.130 e. The van der Waals surface area contributed by atoms with E-state index in [0.717, 1.165) is 17.4 Å². The Morgan fingerprint density at radius 3 is 2.59 bits per heavy atom. The second-order valence-corrected chi connectivity index (χ2v) is 5.61. The van der Waals surface area contributed by atoms with E-state index in [1.165, 1.54) is 0 Å². The summed E-state index contributed by atoms with van der Waals surface area (Å²) in [5, 5.41) is 0. The third kappa shape index (κ3) is 2.74. The van der Waals surface area contributed by atoms with Crippen molar-refractivity contribution in [2.24, 2.45) is 17.3 Å². The van der Waals surface area contributed by atoms with Crippen LogP contribution in [-0.4, -0.2) is 12.1 Å². The van der Waals surface area contributed by atoms with Crippen molar-refractivity contribution >= 4 is 12.1 Å². The lowest BCUT2D eigenvalue weighted by Gasteiger charge is -2.39. The topological polar surface area (TPSA) is 34.1 Å². The van der Waals surface area contributed by atoms with Gasteiger partial charge in [-0.3, -0.25) is 4.79 Å². The molecule has 1 aliphatic carbocycles. The summed E-state index contributed by atoms with van der Waals surface area (Å²) in [5.74, 6) is 0.186. The highest BCUT2D eigenvalue weighted by atomic mass is 16.1. The minimum atomic E-state index is -0.269. The lowest BCUT2D eigenvalue weighted by atomic mass is 9.65. The summed E-state index contributed by atoms with van der Waals surface area (Å²) >= 11 is 0. The molecule has 0 aromatic heterocycles. The number of ketones is 1. The van der Waals surface area contributed by atoms with Gasteiger partial charge in [-0.1, -0.05) is 44.1 Å². The summed E-state index contributed by atoms with van der Waals surface area (Å²) in [5.41, 5.74) is 2.20. The van der Waals surface area contributed by atoms with Crippen LogP contribution in [0.3, 0.4) is 0 Å². The SMILES string of the molecule is CC(=O)CC(C=O)C1=C(C)C=CC(C)C1(C)C. The highest BCUT2D eigenvalue weighted by molar-refractivity contribution is 5.80. The van der Waals surface area contributed by atoms with E-state index in [1.807, 2.05) is 6.92 Å². The molecule has 0 aromatic rings. The molecule has 0 N–H and O–H groups in total. The summed E-state index contributed by atoms with van der Waals surface area (Å²) < 4.78 is 0. The third-order valence-electron chi connectivity index (χ3n) is 3.93. The lowest BCUT2D eigenvalue weighted by molar-refractivity contribution is -0.120. The van der Waals surface area contributed by atoms with Gasteiger partial charge in [0.2, 0.25) is 0 Å². The predicted molar refractivity (Wildman–Crippen MR) is 69.6 cm³/mol. The highest BCUT2D eigenvalue weighted by Gasteiger charge is 2.36. The van der Waals surface area contributed by atoms with Gasteiger partial charge in [-0.05, 0) is 25.2 Å². The standard InChI is InChI=1S/C15H22O2/c1-10-6-7-11(2)15(4,5)14(10)13(9-16)8-12(3)17/h6-7,9,11,13H,8H2,1-5H3. The van der Waals surface area contributed by atoms with Crippen LogP contribution in [0.5, 0.6) is 0 Å². The van der Waals surface area contributed by atoms with E-state index < -0.39 is 0 Å². The maximum absolute atomic E-state index is 11.3. The Labute approximate surface area is 104 Å². The molecule has 0 aliphatic heterocycles. The number of aldehydes is 1. The van der Waals surface area contributed by atoms with Crippen LogP contribution < -0.4 is 0 Å². The largest absolute Gasteiger partial charge is 0.303 e. The first-order chi connectivity index (χ1) is 7.80. The molecule has 2 atom stereocenters. The maximum Gasteiger partial charge on any atom is 0.130 e. The van der Waals surface area contributed by atoms with Crippen LogP contribution in [0.1, 0.15) is 41.0 Å². The fourth-order valence-electron chi connectivity index (χ4n) is 2.67. The Morgan fingerprint density at radius 2 is 2.12 bits per heavy atom. The van der Waals surface area contributed by atoms with Gasteiger partial charge in [0.1, 0.15) is 12.1 Å². The Bertz CT molecular complexity index is 386. The molecule has 94 valence electrons. The fourth-order valence-corrected chi connectivity index (χ4v) is 2.67. The van der Waals surface area contributed by atoms with E-state index in [-0.39, 0.29) is 17.1 Å². The summed E-state index contributed by atoms with van der Waals surface area (Å²) in [7, 11) is 0. The summed E-state index contributed by atoms with van der Waals surface area (Å²) in [6, 6.07) is 0. The van der Waals surface area contributed by atoms with Crippen LogP contribution in [-0.2, 0) is 9.59 Å². The van der Waals surface area contributed by atoms with Gasteiger partial charge >= 0.3 is 0 Å². The molecule has 1 rings (SSSR count). The molecular weight excluding hydrogens is 212 g/mol. The molecule has 17 heavy (non-hydrogen) atoms. The van der Waals surface area contributed by atoms with E-state index in [0.29, 0.717) is 12.3 Å². The van der Waals surface area contributed by atoms with Crippen molar-refractivity contribution in [2.75, 3.05) is 0 Å². The van der Waals surface area contributed by atoms with Crippen molar-refractivity contribution in [3.8, 4) is 0 Å². The number of rotatable bonds is 4. The minimum Gasteiger partial charge on any atom is -0.303 e. The van der Waals surface area contributed by atoms with E-state index in [9.17, 15) is 9.59 Å². The average molecular weight is 234 g/mol. The fraction of sp³-hybridized carbons (Fsp3) is 0.600. The predicted octanol–water partition coefficient (Wildman–Crippen LogP) is 3.33. The van der Waals surface area contributed by atoms with E-state index >= 15 is 0 Å². The molecule has 2 unspecified atom stereocenters. The molecule has 0 amide bonds. The first kappa shape index (κ1) is 13.9. The average Bonchev–Trinajstić information content (AvgIpc) is 2.22. The molecule has 2 nitrogen and oxygen atoms in total. The van der Waals surface area contributed by atoms with Crippen LogP contribution in [0.4, 0.5) is 0 Å². The van der Waals surface area contributed by atoms with E-state index in [2.05, 4.69) is 32.9 Å². The molecule has 0 aromatic carbocycles. The lowest BCUT2D eigenvalue weighted by Crippen LogP contribution is -2.31. The van der Waals surface area contributed by atoms with Crippen LogP contribution in [0, 0.1) is 17.3 Å². The van der Waals surface area contributed by atoms with Crippen molar-refractivity contribution < 1.29 is 9.59 Å². The van der Waals surface area contributed by atoms with Crippen molar-refractivity contribution in [2.45, 2.75) is 41.0 Å². The first-order valence-corrected chi connectivity index (χ1v) is 6.15. The first-order valence-electron chi connectivity index (χ1n) is 6.15. The number of hydrogen-bond donors (Lipinski definition) is 0. The van der Waals surface area contributed by atoms with Gasteiger partial charge in [-0.25, -0.2) is 0 Å². The van der Waals surface area contributed by atoms with Gasteiger partial charge in [-0.2, -0.15) is 0 Å². The zero-order valence-electron chi connectivity index (χ0n) is 11.4. The minimum absolute atomic E-state index is 0.0557. The molecule has 1 aliphatic rings. The number of allylic oxidation sites excluding steroid dienone is 4. The van der Waals surface area contributed by atoms with Crippen molar-refractivity contribution in [1.29, 1.82) is 0 Å². The monoisotopic (exact) mass is 234 g/mol. The summed E-state index contributed by atoms with van der Waals surface area (Å²) in [6.45, 7) is 10.0. The van der Waals surface area contributed by atoms with Crippen molar-refractivity contribution in [1.82, 2.24) is 0 Å². The number of carbonyl (C=O) groups excluding carboxylic acids is 2. The normalized spacial score (nSPS) is 24.6. The number of hydrogen-bond acceptors (Lipinski definition) is 2. The Hall–Kier alpha value is -1.18. The Balaban J connectivity index is 3.18. The van der Waals surface area contributed by atoms with Crippen molar-refractivity contribution in [3.05, 3.63) is 23.3 Å². The van der Waals surface area contributed by atoms with Gasteiger partial charge in [0.25, 0.3) is 0 Å². The highest BCUT2D eigenvalue weighted by Crippen LogP contribution is 2.44. The van der Waals surface area contributed by atoms with E-state index in [1.54, 1.807) is 6.92 Å². The maximum atomic E-state index is 11.3. The number of Topliss-reactive ketones (excluding diaryl/α,β-unsaturated/α-hetero) is 1. The van der Waals surface area contributed by atoms with Gasteiger partial charge < -0.3 is 4.79 Å². The van der Waals surface area contributed by atoms with Crippen molar-refractivity contribution in [3.63, 3.8) is 0 Å². The molecule has 2 heteroatoms. The summed E-state index contributed by atoms with van der Waals surface area (Å²) in [6.07, 6.45) is 5.49. The molecule has 0 saturated carbocycles. The number of carbonyl (C=O) groups is 2. The second kappa shape index (κ2) is 4.99. The third-order valence-corrected chi connectivity index (χ3v) is 3.93. The molecule has 0 saturated heterocycles. The van der Waals surface area contributed by atoms with Gasteiger partial charge in [0.15, 0.2) is 0 Å². The second-order valence-electron chi connectivity index (χ2n) is 5.61. The molecule has 0 radical (unpaired) electrons. The van der Waals surface area contributed by atoms with Crippen LogP contribution >= 0.6 is 0 Å². The van der Waals surface area contributed by atoms with Gasteiger partial charge in [0, 0.05) is 12.3 Å². The zero-order valence-corrected chi connectivity index (χ0v) is 11.4. The Morgan fingerprint density at radius 1 is 1.53 bits per heavy atom. The Kier molecular flexibility index (Phi) is 4.07. The molecule has 0 bridgehead atoms. The summed E-state index contributed by atoms with van der Waals surface area (Å²) in [4.78, 5) is 22.5. The van der Waals surface area contributed by atoms with Gasteiger partial charge in [0.05, 0.1) is 0 Å². The molecular formula is C15H22O2. The van der Waals surface area contributed by atoms with Crippen LogP contribution in [0.25, 0.3) is 0 Å². The quantitative estimate of drug-likeness (QED) is 0.699. The molecule has 0 spiro atoms.